The van der Waals surface area contributed by atoms with Crippen molar-refractivity contribution in [2.24, 2.45) is 5.73 Å². The number of urea groups is 1. The first-order valence-corrected chi connectivity index (χ1v) is 4.13. The van der Waals surface area contributed by atoms with E-state index in [0.717, 1.165) is 0 Å². The van der Waals surface area contributed by atoms with Crippen molar-refractivity contribution in [3.63, 3.8) is 0 Å². The van der Waals surface area contributed by atoms with E-state index in [2.05, 4.69) is 10.9 Å². The zero-order chi connectivity index (χ0) is 11.3. The van der Waals surface area contributed by atoms with Gasteiger partial charge in [0.05, 0.1) is 7.11 Å². The van der Waals surface area contributed by atoms with Gasteiger partial charge in [0, 0.05) is 28.8 Å². The van der Waals surface area contributed by atoms with Crippen LogP contribution in [0.1, 0.15) is 0 Å². The van der Waals surface area contributed by atoms with Gasteiger partial charge in [-0.1, -0.05) is 6.08 Å². The quantitative estimate of drug-likeness (QED) is 0.346. The Morgan fingerprint density at radius 1 is 1.53 bits per heavy atom. The van der Waals surface area contributed by atoms with Crippen LogP contribution in [-0.2, 0) is 26.6 Å². The summed E-state index contributed by atoms with van der Waals surface area (Å²) < 4.78 is 4.84. The van der Waals surface area contributed by atoms with Crippen molar-refractivity contribution in [3.8, 4) is 0 Å². The SMILES string of the molecule is COC1=CC=C/C(=C/NNC(N)=O)C1=O.O.[Cu]. The van der Waals surface area contributed by atoms with E-state index in [-0.39, 0.29) is 34.1 Å². The van der Waals surface area contributed by atoms with E-state index in [0.29, 0.717) is 5.57 Å². The van der Waals surface area contributed by atoms with E-state index in [9.17, 15) is 9.59 Å². The average molecular weight is 291 g/mol. The Bertz CT molecular complexity index is 376. The minimum Gasteiger partial charge on any atom is -0.493 e. The van der Waals surface area contributed by atoms with E-state index in [4.69, 9.17) is 10.5 Å². The summed E-state index contributed by atoms with van der Waals surface area (Å²) in [5.74, 6) is -0.0246. The van der Waals surface area contributed by atoms with E-state index < -0.39 is 6.03 Å². The number of nitrogens with two attached hydrogens (primary N) is 1. The van der Waals surface area contributed by atoms with Gasteiger partial charge in [-0.25, -0.2) is 4.79 Å². The van der Waals surface area contributed by atoms with Gasteiger partial charge < -0.3 is 21.4 Å². The number of ether oxygens (including phenoxy) is 1. The third-order valence-electron chi connectivity index (χ3n) is 1.65. The summed E-state index contributed by atoms with van der Waals surface area (Å²) in [6.45, 7) is 0. The smallest absolute Gasteiger partial charge is 0.330 e. The Morgan fingerprint density at radius 2 is 2.18 bits per heavy atom. The van der Waals surface area contributed by atoms with Gasteiger partial charge in [-0.15, -0.1) is 0 Å². The second kappa shape index (κ2) is 8.40. The van der Waals surface area contributed by atoms with Crippen molar-refractivity contribution in [1.29, 1.82) is 0 Å². The molecule has 0 heterocycles. The number of allylic oxidation sites excluding steroid dienone is 4. The largest absolute Gasteiger partial charge is 0.493 e. The van der Waals surface area contributed by atoms with Crippen LogP contribution >= 0.6 is 0 Å². The fourth-order valence-electron chi connectivity index (χ4n) is 0.992. The molecule has 0 unspecified atom stereocenters. The molecule has 8 heteroatoms. The second-order valence-electron chi connectivity index (χ2n) is 2.66. The van der Waals surface area contributed by atoms with Crippen LogP contribution in [0.4, 0.5) is 4.79 Å². The zero-order valence-electron chi connectivity index (χ0n) is 8.91. The molecule has 0 spiro atoms. The summed E-state index contributed by atoms with van der Waals surface area (Å²) in [4.78, 5) is 21.9. The molecule has 0 bridgehead atoms. The number of ketones is 1. The molecule has 0 aromatic carbocycles. The number of Topliss-reactive ketones (excluding diaryl/α,β-unsaturated/α-hetero) is 1. The Kier molecular flexibility index (Phi) is 8.71. The maximum absolute atomic E-state index is 11.5. The van der Waals surface area contributed by atoms with Crippen LogP contribution in [0.25, 0.3) is 0 Å². The number of amides is 2. The number of carbonyl (C=O) groups excluding carboxylic acids is 2. The Morgan fingerprint density at radius 3 is 2.71 bits per heavy atom. The molecule has 0 saturated heterocycles. The molecule has 17 heavy (non-hydrogen) atoms. The van der Waals surface area contributed by atoms with Gasteiger partial charge in [0.15, 0.2) is 5.76 Å². The molecule has 99 valence electrons. The maximum Gasteiger partial charge on any atom is 0.330 e. The van der Waals surface area contributed by atoms with Crippen LogP contribution in [0.5, 0.6) is 0 Å². The molecule has 0 aromatic rings. The Labute approximate surface area is 109 Å². The van der Waals surface area contributed by atoms with E-state index in [1.807, 2.05) is 0 Å². The molecular formula is C9H13CuN3O4. The van der Waals surface area contributed by atoms with Gasteiger partial charge in [0.1, 0.15) is 0 Å². The van der Waals surface area contributed by atoms with Crippen LogP contribution < -0.4 is 16.6 Å². The second-order valence-corrected chi connectivity index (χ2v) is 2.66. The van der Waals surface area contributed by atoms with Gasteiger partial charge in [-0.3, -0.25) is 10.2 Å². The summed E-state index contributed by atoms with van der Waals surface area (Å²) in [6, 6.07) is -0.735. The molecule has 1 aliphatic rings. The fourth-order valence-corrected chi connectivity index (χ4v) is 0.992. The molecule has 7 nitrogen and oxygen atoms in total. The predicted octanol–water partition coefficient (Wildman–Crippen LogP) is -1.11. The molecule has 0 aromatic heterocycles. The van der Waals surface area contributed by atoms with Gasteiger partial charge in [-0.05, 0) is 12.2 Å². The summed E-state index contributed by atoms with van der Waals surface area (Å²) in [7, 11) is 1.41. The predicted molar refractivity (Wildman–Crippen MR) is 56.8 cm³/mol. The number of hydrogen-bond donors (Lipinski definition) is 3. The van der Waals surface area contributed by atoms with E-state index in [1.165, 1.54) is 13.3 Å². The third kappa shape index (κ3) is 5.21. The summed E-state index contributed by atoms with van der Waals surface area (Å²) in [5.41, 5.74) is 9.68. The summed E-state index contributed by atoms with van der Waals surface area (Å²) in [6.07, 6.45) is 6.13. The molecule has 0 aliphatic heterocycles. The maximum atomic E-state index is 11.5. The van der Waals surface area contributed by atoms with Gasteiger partial charge >= 0.3 is 6.03 Å². The van der Waals surface area contributed by atoms with Crippen molar-refractivity contribution >= 4 is 11.8 Å². The first kappa shape index (κ1) is 17.6. The molecule has 2 amide bonds. The number of rotatable bonds is 3. The number of hydrazine groups is 1. The van der Waals surface area contributed by atoms with E-state index in [1.54, 1.807) is 18.2 Å². The van der Waals surface area contributed by atoms with Crippen molar-refractivity contribution < 1.29 is 36.9 Å². The molecule has 0 atom stereocenters. The molecular weight excluding hydrogens is 278 g/mol. The number of carbonyl (C=O) groups is 2. The van der Waals surface area contributed by atoms with Crippen molar-refractivity contribution in [2.75, 3.05) is 7.11 Å². The third-order valence-corrected chi connectivity index (χ3v) is 1.65. The zero-order valence-corrected chi connectivity index (χ0v) is 9.85. The molecule has 0 fully saturated rings. The minimum atomic E-state index is -0.735. The van der Waals surface area contributed by atoms with Crippen LogP contribution in [0.3, 0.4) is 0 Å². The van der Waals surface area contributed by atoms with Crippen molar-refractivity contribution in [2.45, 2.75) is 0 Å². The summed E-state index contributed by atoms with van der Waals surface area (Å²) >= 11 is 0. The summed E-state index contributed by atoms with van der Waals surface area (Å²) in [5, 5.41) is 0. The first-order chi connectivity index (χ1) is 7.15. The topological polar surface area (TPSA) is 125 Å². The van der Waals surface area contributed by atoms with Crippen LogP contribution in [-0.4, -0.2) is 24.4 Å². The Hall–Kier alpha value is -1.76. The molecule has 1 radical (unpaired) electrons. The molecule has 6 N–H and O–H groups in total. The number of methoxy groups -OCH3 is 1. The first-order valence-electron chi connectivity index (χ1n) is 4.13. The number of hydrogen-bond acceptors (Lipinski definition) is 4. The minimum absolute atomic E-state index is 0. The Balaban J connectivity index is 0. The number of nitrogens with one attached hydrogen (secondary N) is 2. The normalized spacial score (nSPS) is 15.2. The van der Waals surface area contributed by atoms with Crippen LogP contribution in [0, 0.1) is 0 Å². The molecule has 1 aliphatic carbocycles. The van der Waals surface area contributed by atoms with Gasteiger partial charge in [0.25, 0.3) is 0 Å². The van der Waals surface area contributed by atoms with Crippen molar-refractivity contribution in [1.82, 2.24) is 10.9 Å². The van der Waals surface area contributed by atoms with Gasteiger partial charge in [0.2, 0.25) is 5.78 Å². The fraction of sp³-hybridized carbons (Fsp3) is 0.111. The standard InChI is InChI=1S/C9H11N3O3.Cu.H2O/c1-15-7-4-2-3-6(8(7)13)5-11-12-9(10)14;;/h2-5,11H,1H3,(H3,10,12,14);;1H2/b6-5-;;. The average Bonchev–Trinajstić information content (AvgIpc) is 2.20. The number of primary amides is 1. The van der Waals surface area contributed by atoms with Gasteiger partial charge in [-0.2, -0.15) is 0 Å². The molecule has 1 rings (SSSR count). The van der Waals surface area contributed by atoms with Crippen LogP contribution in [0.15, 0.2) is 35.8 Å². The monoisotopic (exact) mass is 290 g/mol. The van der Waals surface area contributed by atoms with E-state index >= 15 is 0 Å². The van der Waals surface area contributed by atoms with Crippen LogP contribution in [0.2, 0.25) is 0 Å². The molecule has 0 saturated carbocycles. The van der Waals surface area contributed by atoms with Crippen molar-refractivity contribution in [3.05, 3.63) is 35.8 Å².